The largest absolute Gasteiger partial charge is 0.493 e. The van der Waals surface area contributed by atoms with E-state index in [1.807, 2.05) is 58.9 Å². The molecule has 1 atom stereocenters. The summed E-state index contributed by atoms with van der Waals surface area (Å²) in [6.07, 6.45) is 0. The van der Waals surface area contributed by atoms with Gasteiger partial charge in [0.1, 0.15) is 11.8 Å². The Kier molecular flexibility index (Phi) is 6.99. The van der Waals surface area contributed by atoms with Gasteiger partial charge in [0.05, 0.1) is 12.2 Å². The number of amides is 2. The van der Waals surface area contributed by atoms with Crippen LogP contribution in [0.4, 0.5) is 5.69 Å². The lowest BCUT2D eigenvalue weighted by Gasteiger charge is -2.22. The molecule has 0 saturated carbocycles. The Morgan fingerprint density at radius 2 is 1.74 bits per heavy atom. The van der Waals surface area contributed by atoms with Crippen molar-refractivity contribution in [1.82, 2.24) is 5.32 Å². The Morgan fingerprint density at radius 3 is 2.37 bits per heavy atom. The molecular weight excluding hydrogens is 340 g/mol. The summed E-state index contributed by atoms with van der Waals surface area (Å²) in [5.41, 5.74) is 3.40. The van der Waals surface area contributed by atoms with Crippen LogP contribution in [0.3, 0.4) is 0 Å². The Balaban J connectivity index is 2.16. The summed E-state index contributed by atoms with van der Waals surface area (Å²) >= 11 is 0. The molecule has 0 aliphatic rings. The van der Waals surface area contributed by atoms with Crippen molar-refractivity contribution in [1.29, 1.82) is 0 Å². The molecule has 0 fully saturated rings. The summed E-state index contributed by atoms with van der Waals surface area (Å²) in [5.74, 6) is -0.127. The summed E-state index contributed by atoms with van der Waals surface area (Å²) < 4.78 is 5.52. The fourth-order valence-electron chi connectivity index (χ4n) is 2.73. The number of para-hydroxylation sites is 1. The highest BCUT2D eigenvalue weighted by molar-refractivity contribution is 6.02. The highest BCUT2D eigenvalue weighted by atomic mass is 16.5. The number of carbonyl (C=O) groups is 2. The number of carbonyl (C=O) groups excluding carboxylic acids is 2. The predicted molar refractivity (Wildman–Crippen MR) is 108 cm³/mol. The molecule has 27 heavy (non-hydrogen) atoms. The Labute approximate surface area is 161 Å². The maximum absolute atomic E-state index is 12.8. The quantitative estimate of drug-likeness (QED) is 0.773. The minimum atomic E-state index is -0.659. The predicted octanol–water partition coefficient (Wildman–Crippen LogP) is 4.10. The number of ether oxygens (including phenoxy) is 1. The molecule has 2 N–H and O–H groups in total. The Hall–Kier alpha value is -2.82. The number of hydrogen-bond donors (Lipinski definition) is 2. The van der Waals surface area contributed by atoms with E-state index in [2.05, 4.69) is 10.6 Å². The van der Waals surface area contributed by atoms with Crippen molar-refractivity contribution in [3.8, 4) is 5.75 Å². The van der Waals surface area contributed by atoms with Crippen molar-refractivity contribution in [3.05, 3.63) is 59.2 Å². The van der Waals surface area contributed by atoms with E-state index in [-0.39, 0.29) is 17.7 Å². The SMILES string of the molecule is CCOc1ccccc1C(=O)NC(C(=O)Nc1ccc(C)c(C)c1)C(C)C. The monoisotopic (exact) mass is 368 g/mol. The van der Waals surface area contributed by atoms with E-state index in [0.29, 0.717) is 17.9 Å². The van der Waals surface area contributed by atoms with Gasteiger partial charge < -0.3 is 15.4 Å². The van der Waals surface area contributed by atoms with Gasteiger partial charge in [-0.25, -0.2) is 0 Å². The van der Waals surface area contributed by atoms with E-state index in [1.165, 1.54) is 0 Å². The van der Waals surface area contributed by atoms with Gasteiger partial charge in [0.25, 0.3) is 5.91 Å². The molecule has 0 aromatic heterocycles. The van der Waals surface area contributed by atoms with Gasteiger partial charge in [-0.15, -0.1) is 0 Å². The minimum absolute atomic E-state index is 0.0697. The van der Waals surface area contributed by atoms with Crippen LogP contribution in [-0.2, 0) is 4.79 Å². The third kappa shape index (κ3) is 5.33. The molecule has 5 heteroatoms. The Morgan fingerprint density at radius 1 is 1.04 bits per heavy atom. The van der Waals surface area contributed by atoms with Crippen molar-refractivity contribution in [2.45, 2.75) is 40.7 Å². The molecule has 0 saturated heterocycles. The number of nitrogens with one attached hydrogen (secondary N) is 2. The number of rotatable bonds is 7. The number of benzene rings is 2. The first-order valence-electron chi connectivity index (χ1n) is 9.24. The van der Waals surface area contributed by atoms with Crippen LogP contribution >= 0.6 is 0 Å². The molecule has 0 aliphatic carbocycles. The zero-order valence-corrected chi connectivity index (χ0v) is 16.6. The molecule has 2 aromatic rings. The fraction of sp³-hybridized carbons (Fsp3) is 0.364. The fourth-order valence-corrected chi connectivity index (χ4v) is 2.73. The topological polar surface area (TPSA) is 67.4 Å². The molecule has 0 spiro atoms. The van der Waals surface area contributed by atoms with Crippen molar-refractivity contribution >= 4 is 17.5 Å². The lowest BCUT2D eigenvalue weighted by Crippen LogP contribution is -2.47. The highest BCUT2D eigenvalue weighted by Crippen LogP contribution is 2.19. The zero-order valence-electron chi connectivity index (χ0n) is 16.6. The van der Waals surface area contributed by atoms with Gasteiger partial charge in [-0.2, -0.15) is 0 Å². The van der Waals surface area contributed by atoms with Gasteiger partial charge in [0, 0.05) is 5.69 Å². The first-order chi connectivity index (χ1) is 12.8. The average molecular weight is 368 g/mol. The van der Waals surface area contributed by atoms with E-state index in [4.69, 9.17) is 4.74 Å². The normalized spacial score (nSPS) is 11.8. The van der Waals surface area contributed by atoms with Crippen LogP contribution in [0.5, 0.6) is 5.75 Å². The molecule has 2 amide bonds. The minimum Gasteiger partial charge on any atom is -0.493 e. The van der Waals surface area contributed by atoms with Crippen molar-refractivity contribution < 1.29 is 14.3 Å². The molecule has 0 radical (unpaired) electrons. The standard InChI is InChI=1S/C22H28N2O3/c1-6-27-19-10-8-7-9-18(19)21(25)24-20(14(2)3)22(26)23-17-12-11-15(4)16(5)13-17/h7-14,20H,6H2,1-5H3,(H,23,26)(H,24,25). The summed E-state index contributed by atoms with van der Waals surface area (Å²) in [4.78, 5) is 25.5. The summed E-state index contributed by atoms with van der Waals surface area (Å²) in [7, 11) is 0. The van der Waals surface area contributed by atoms with Gasteiger partial charge in [-0.3, -0.25) is 9.59 Å². The molecule has 0 aliphatic heterocycles. The third-order valence-electron chi connectivity index (χ3n) is 4.44. The molecule has 144 valence electrons. The number of hydrogen-bond acceptors (Lipinski definition) is 3. The third-order valence-corrected chi connectivity index (χ3v) is 4.44. The van der Waals surface area contributed by atoms with Crippen LogP contribution in [-0.4, -0.2) is 24.5 Å². The van der Waals surface area contributed by atoms with Crippen molar-refractivity contribution in [2.75, 3.05) is 11.9 Å². The van der Waals surface area contributed by atoms with Crippen molar-refractivity contribution in [2.24, 2.45) is 5.92 Å². The summed E-state index contributed by atoms with van der Waals surface area (Å²) in [6, 6.07) is 12.1. The van der Waals surface area contributed by atoms with Gasteiger partial charge in [-0.1, -0.05) is 32.0 Å². The van der Waals surface area contributed by atoms with Gasteiger partial charge in [0.15, 0.2) is 0 Å². The second kappa shape index (κ2) is 9.21. The zero-order chi connectivity index (χ0) is 20.0. The van der Waals surface area contributed by atoms with E-state index in [9.17, 15) is 9.59 Å². The van der Waals surface area contributed by atoms with E-state index in [1.54, 1.807) is 18.2 Å². The van der Waals surface area contributed by atoms with E-state index >= 15 is 0 Å². The van der Waals surface area contributed by atoms with Crippen LogP contribution in [0.15, 0.2) is 42.5 Å². The number of anilines is 1. The maximum Gasteiger partial charge on any atom is 0.255 e. The first-order valence-corrected chi connectivity index (χ1v) is 9.24. The molecule has 1 unspecified atom stereocenters. The van der Waals surface area contributed by atoms with Crippen LogP contribution in [0.25, 0.3) is 0 Å². The molecule has 0 bridgehead atoms. The van der Waals surface area contributed by atoms with Gasteiger partial charge in [0.2, 0.25) is 5.91 Å². The van der Waals surface area contributed by atoms with Crippen LogP contribution in [0.2, 0.25) is 0 Å². The average Bonchev–Trinajstić information content (AvgIpc) is 2.63. The van der Waals surface area contributed by atoms with E-state index < -0.39 is 6.04 Å². The Bertz CT molecular complexity index is 815. The van der Waals surface area contributed by atoms with Gasteiger partial charge in [-0.05, 0) is 62.1 Å². The van der Waals surface area contributed by atoms with Crippen LogP contribution in [0.1, 0.15) is 42.3 Å². The molecule has 2 rings (SSSR count). The smallest absolute Gasteiger partial charge is 0.255 e. The van der Waals surface area contributed by atoms with Crippen molar-refractivity contribution in [3.63, 3.8) is 0 Å². The van der Waals surface area contributed by atoms with E-state index in [0.717, 1.165) is 16.8 Å². The van der Waals surface area contributed by atoms with Crippen LogP contribution in [0, 0.1) is 19.8 Å². The first kappa shape index (κ1) is 20.5. The molecular formula is C22H28N2O3. The maximum atomic E-state index is 12.8. The second-order valence-corrected chi connectivity index (χ2v) is 6.91. The highest BCUT2D eigenvalue weighted by Gasteiger charge is 2.26. The number of aryl methyl sites for hydroxylation is 2. The molecule has 2 aromatic carbocycles. The lowest BCUT2D eigenvalue weighted by molar-refractivity contribution is -0.118. The molecule has 0 heterocycles. The molecule has 5 nitrogen and oxygen atoms in total. The second-order valence-electron chi connectivity index (χ2n) is 6.91. The van der Waals surface area contributed by atoms with Crippen LogP contribution < -0.4 is 15.4 Å². The lowest BCUT2D eigenvalue weighted by atomic mass is 10.0. The summed E-state index contributed by atoms with van der Waals surface area (Å²) in [5, 5.41) is 5.75. The summed E-state index contributed by atoms with van der Waals surface area (Å²) in [6.45, 7) is 10.2. The van der Waals surface area contributed by atoms with Gasteiger partial charge >= 0.3 is 0 Å².